The third-order valence-electron chi connectivity index (χ3n) is 4.25. The minimum absolute atomic E-state index is 0.187. The van der Waals surface area contributed by atoms with Gasteiger partial charge in [0.05, 0.1) is 0 Å². The first-order valence-corrected chi connectivity index (χ1v) is 8.16. The predicted octanol–water partition coefficient (Wildman–Crippen LogP) is 2.98. The summed E-state index contributed by atoms with van der Waals surface area (Å²) in [6.07, 6.45) is 0. The number of rotatable bonds is 4. The first-order chi connectivity index (χ1) is 9.43. The van der Waals surface area contributed by atoms with Gasteiger partial charge in [0.1, 0.15) is 0 Å². The van der Waals surface area contributed by atoms with Crippen molar-refractivity contribution in [3.63, 3.8) is 0 Å². The molecule has 0 saturated carbocycles. The molecule has 1 fully saturated rings. The van der Waals surface area contributed by atoms with Gasteiger partial charge in [-0.2, -0.15) is 0 Å². The van der Waals surface area contributed by atoms with Crippen LogP contribution in [0.15, 0.2) is 22.7 Å². The van der Waals surface area contributed by atoms with Crippen LogP contribution in [0.25, 0.3) is 0 Å². The molecule has 1 saturated heterocycles. The topological polar surface area (TPSA) is 32.5 Å². The molecule has 3 atom stereocenters. The van der Waals surface area contributed by atoms with Crippen molar-refractivity contribution < 1.29 is 0 Å². The van der Waals surface area contributed by atoms with E-state index in [-0.39, 0.29) is 6.04 Å². The Kier molecular flexibility index (Phi) is 5.49. The van der Waals surface area contributed by atoms with Crippen molar-refractivity contribution >= 4 is 27.5 Å². The Hall–Kier alpha value is -0.130. The van der Waals surface area contributed by atoms with Crippen molar-refractivity contribution in [2.45, 2.75) is 19.0 Å². The second-order valence-corrected chi connectivity index (χ2v) is 7.20. The van der Waals surface area contributed by atoms with E-state index in [0.29, 0.717) is 18.5 Å². The van der Waals surface area contributed by atoms with Gasteiger partial charge in [-0.3, -0.25) is 4.90 Å². The molecule has 0 aliphatic carbocycles. The van der Waals surface area contributed by atoms with Crippen molar-refractivity contribution in [1.82, 2.24) is 9.80 Å². The van der Waals surface area contributed by atoms with Crippen LogP contribution in [0.2, 0.25) is 5.02 Å². The van der Waals surface area contributed by atoms with E-state index < -0.39 is 0 Å². The maximum atomic E-state index is 6.37. The summed E-state index contributed by atoms with van der Waals surface area (Å²) in [5, 5.41) is 0.796. The molecule has 5 heteroatoms. The Balaban J connectivity index is 2.23. The van der Waals surface area contributed by atoms with Crippen molar-refractivity contribution in [1.29, 1.82) is 0 Å². The number of hydrogen-bond donors (Lipinski definition) is 1. The van der Waals surface area contributed by atoms with E-state index in [0.717, 1.165) is 28.1 Å². The van der Waals surface area contributed by atoms with Crippen LogP contribution < -0.4 is 5.73 Å². The molecule has 1 aliphatic heterocycles. The van der Waals surface area contributed by atoms with Crippen LogP contribution in [0.3, 0.4) is 0 Å². The van der Waals surface area contributed by atoms with Crippen molar-refractivity contribution in [3.8, 4) is 0 Å². The molecule has 1 heterocycles. The van der Waals surface area contributed by atoms with Gasteiger partial charge in [-0.25, -0.2) is 0 Å². The van der Waals surface area contributed by atoms with Gasteiger partial charge < -0.3 is 10.6 Å². The summed E-state index contributed by atoms with van der Waals surface area (Å²) >= 11 is 9.89. The van der Waals surface area contributed by atoms with Crippen LogP contribution in [0.1, 0.15) is 18.5 Å². The molecular weight excluding hydrogens is 338 g/mol. The number of benzene rings is 1. The number of likely N-dealkylation sites (N-methyl/N-ethyl adjacent to an activating group) is 1. The molecule has 1 aromatic rings. The summed E-state index contributed by atoms with van der Waals surface area (Å²) in [5.41, 5.74) is 7.16. The van der Waals surface area contributed by atoms with Gasteiger partial charge in [0, 0.05) is 41.2 Å². The number of likely N-dealkylation sites (tertiary alicyclic amines) is 1. The molecule has 0 bridgehead atoms. The van der Waals surface area contributed by atoms with Gasteiger partial charge in [0.25, 0.3) is 0 Å². The van der Waals surface area contributed by atoms with Gasteiger partial charge in [0.15, 0.2) is 0 Å². The maximum absolute atomic E-state index is 6.37. The van der Waals surface area contributed by atoms with Crippen LogP contribution in [0, 0.1) is 5.92 Å². The summed E-state index contributed by atoms with van der Waals surface area (Å²) in [4.78, 5) is 4.77. The van der Waals surface area contributed by atoms with Crippen LogP contribution in [-0.2, 0) is 0 Å². The van der Waals surface area contributed by atoms with E-state index in [9.17, 15) is 0 Å². The van der Waals surface area contributed by atoms with Crippen LogP contribution in [0.5, 0.6) is 0 Å². The third kappa shape index (κ3) is 3.37. The number of halogens is 2. The zero-order valence-electron chi connectivity index (χ0n) is 12.3. The second-order valence-electron chi connectivity index (χ2n) is 5.88. The maximum Gasteiger partial charge on any atom is 0.0486 e. The Bertz CT molecular complexity index is 466. The lowest BCUT2D eigenvalue weighted by atomic mass is 10.1. The van der Waals surface area contributed by atoms with Crippen LogP contribution in [-0.4, -0.2) is 49.6 Å². The lowest BCUT2D eigenvalue weighted by Gasteiger charge is -2.29. The fraction of sp³-hybridized carbons (Fsp3) is 0.600. The number of nitrogens with two attached hydrogens (primary N) is 1. The first kappa shape index (κ1) is 16.2. The number of hydrogen-bond acceptors (Lipinski definition) is 3. The summed E-state index contributed by atoms with van der Waals surface area (Å²) in [6, 6.07) is 6.76. The molecule has 20 heavy (non-hydrogen) atoms. The Morgan fingerprint density at radius 3 is 2.70 bits per heavy atom. The molecular formula is C15H23BrClN3. The number of nitrogens with zero attached hydrogens (tertiary/aromatic N) is 2. The van der Waals surface area contributed by atoms with Gasteiger partial charge in [-0.1, -0.05) is 34.5 Å². The molecule has 0 spiro atoms. The molecule has 3 nitrogen and oxygen atoms in total. The van der Waals surface area contributed by atoms with Gasteiger partial charge >= 0.3 is 0 Å². The molecule has 3 unspecified atom stereocenters. The standard InChI is InChI=1S/C15H23BrClN3/c1-10-8-20(9-15(10)19(2)3)14(7-18)12-6-11(16)4-5-13(12)17/h4-6,10,14-15H,7-9,18H2,1-3H3. The highest BCUT2D eigenvalue weighted by Gasteiger charge is 2.35. The van der Waals surface area contributed by atoms with Crippen LogP contribution >= 0.6 is 27.5 Å². The lowest BCUT2D eigenvalue weighted by Crippen LogP contribution is -2.36. The fourth-order valence-electron chi connectivity index (χ4n) is 3.16. The first-order valence-electron chi connectivity index (χ1n) is 6.99. The van der Waals surface area contributed by atoms with Crippen molar-refractivity contribution in [2.24, 2.45) is 11.7 Å². The molecule has 1 aromatic carbocycles. The Morgan fingerprint density at radius 1 is 1.45 bits per heavy atom. The summed E-state index contributed by atoms with van der Waals surface area (Å²) in [5.74, 6) is 0.643. The van der Waals surface area contributed by atoms with Crippen molar-refractivity contribution in [2.75, 3.05) is 33.7 Å². The molecule has 0 aromatic heterocycles. The molecule has 1 aliphatic rings. The smallest absolute Gasteiger partial charge is 0.0486 e. The van der Waals surface area contributed by atoms with E-state index in [1.54, 1.807) is 0 Å². The third-order valence-corrected chi connectivity index (χ3v) is 5.08. The molecule has 112 valence electrons. The zero-order valence-corrected chi connectivity index (χ0v) is 14.7. The highest BCUT2D eigenvalue weighted by atomic mass is 79.9. The van der Waals surface area contributed by atoms with E-state index in [2.05, 4.69) is 52.8 Å². The van der Waals surface area contributed by atoms with Gasteiger partial charge in [0.2, 0.25) is 0 Å². The highest BCUT2D eigenvalue weighted by Crippen LogP contribution is 2.33. The quantitative estimate of drug-likeness (QED) is 0.896. The van der Waals surface area contributed by atoms with Crippen molar-refractivity contribution in [3.05, 3.63) is 33.3 Å². The summed E-state index contributed by atoms with van der Waals surface area (Å²) < 4.78 is 1.05. The summed E-state index contributed by atoms with van der Waals surface area (Å²) in [6.45, 7) is 5.00. The molecule has 2 N–H and O–H groups in total. The molecule has 2 rings (SSSR count). The van der Waals surface area contributed by atoms with E-state index in [1.807, 2.05) is 12.1 Å². The highest BCUT2D eigenvalue weighted by molar-refractivity contribution is 9.10. The lowest BCUT2D eigenvalue weighted by molar-refractivity contribution is 0.219. The molecule has 0 amide bonds. The predicted molar refractivity (Wildman–Crippen MR) is 89.2 cm³/mol. The largest absolute Gasteiger partial charge is 0.329 e. The molecule has 0 radical (unpaired) electrons. The fourth-order valence-corrected chi connectivity index (χ4v) is 3.78. The van der Waals surface area contributed by atoms with E-state index >= 15 is 0 Å². The summed E-state index contributed by atoms with van der Waals surface area (Å²) in [7, 11) is 4.29. The van der Waals surface area contributed by atoms with Crippen LogP contribution in [0.4, 0.5) is 0 Å². The minimum atomic E-state index is 0.187. The normalized spacial score (nSPS) is 25.4. The van der Waals surface area contributed by atoms with Gasteiger partial charge in [-0.15, -0.1) is 0 Å². The van der Waals surface area contributed by atoms with E-state index in [1.165, 1.54) is 0 Å². The van der Waals surface area contributed by atoms with Gasteiger partial charge in [-0.05, 0) is 43.8 Å². The minimum Gasteiger partial charge on any atom is -0.329 e. The second kappa shape index (κ2) is 6.75. The average Bonchev–Trinajstić information content (AvgIpc) is 2.76. The Morgan fingerprint density at radius 2 is 2.15 bits per heavy atom. The average molecular weight is 361 g/mol. The SMILES string of the molecule is CC1CN(C(CN)c2cc(Br)ccc2Cl)CC1N(C)C. The monoisotopic (exact) mass is 359 g/mol. The zero-order chi connectivity index (χ0) is 14.9. The Labute approximate surface area is 135 Å². The van der Waals surface area contributed by atoms with E-state index in [4.69, 9.17) is 17.3 Å².